The second-order valence-electron chi connectivity index (χ2n) is 3.90. The molecule has 0 saturated carbocycles. The third kappa shape index (κ3) is 3.23. The smallest absolute Gasteiger partial charge is 0.222 e. The summed E-state index contributed by atoms with van der Waals surface area (Å²) in [6.45, 7) is 2.84. The van der Waals surface area contributed by atoms with E-state index < -0.39 is 0 Å². The minimum absolute atomic E-state index is 0.639. The summed E-state index contributed by atoms with van der Waals surface area (Å²) in [5.41, 5.74) is 3.37. The number of hydrogen-bond donors (Lipinski definition) is 2. The maximum Gasteiger partial charge on any atom is 0.222 e. The van der Waals surface area contributed by atoms with Crippen LogP contribution in [0.25, 0.3) is 11.1 Å². The number of hydrogen-bond acceptors (Lipinski definition) is 4. The van der Waals surface area contributed by atoms with Crippen LogP contribution in [0, 0.1) is 6.92 Å². The Bertz CT molecular complexity index is 528. The summed E-state index contributed by atoms with van der Waals surface area (Å²) >= 11 is 7.61. The summed E-state index contributed by atoms with van der Waals surface area (Å²) in [4.78, 5) is 8.58. The van der Waals surface area contributed by atoms with Crippen molar-refractivity contribution >= 4 is 34.5 Å². The van der Waals surface area contributed by atoms with Gasteiger partial charge in [-0.15, -0.1) is 0 Å². The van der Waals surface area contributed by atoms with Gasteiger partial charge >= 0.3 is 0 Å². The van der Waals surface area contributed by atoms with Gasteiger partial charge in [-0.25, -0.2) is 9.97 Å². The van der Waals surface area contributed by atoms with E-state index in [0.29, 0.717) is 5.95 Å². The summed E-state index contributed by atoms with van der Waals surface area (Å²) < 4.78 is 1.06. The first-order chi connectivity index (χ1) is 8.70. The molecule has 0 atom stereocenters. The number of rotatable bonds is 4. The third-order valence-electron chi connectivity index (χ3n) is 2.56. The van der Waals surface area contributed by atoms with E-state index in [0.717, 1.165) is 27.9 Å². The number of nitrogens with zero attached hydrogens (tertiary/aromatic N) is 2. The van der Waals surface area contributed by atoms with Crippen molar-refractivity contribution in [3.05, 3.63) is 40.6 Å². The summed E-state index contributed by atoms with van der Waals surface area (Å²) in [7, 11) is 0. The summed E-state index contributed by atoms with van der Waals surface area (Å²) in [5, 5.41) is 3.09. The predicted molar refractivity (Wildman–Crippen MR) is 82.2 cm³/mol. The van der Waals surface area contributed by atoms with Gasteiger partial charge in [0, 0.05) is 34.7 Å². The van der Waals surface area contributed by atoms with Gasteiger partial charge in [-0.1, -0.05) is 22.0 Å². The topological polar surface area (TPSA) is 37.8 Å². The molecule has 2 rings (SSSR count). The molecule has 0 aliphatic carbocycles. The highest BCUT2D eigenvalue weighted by molar-refractivity contribution is 9.10. The van der Waals surface area contributed by atoms with Crippen LogP contribution in [0.3, 0.4) is 0 Å². The molecule has 0 spiro atoms. The van der Waals surface area contributed by atoms with Crippen LogP contribution in [0.1, 0.15) is 5.56 Å². The molecule has 3 nitrogen and oxygen atoms in total. The Hall–Kier alpha value is -1.07. The Morgan fingerprint density at radius 2 is 2.00 bits per heavy atom. The number of halogens is 1. The molecule has 0 radical (unpaired) electrons. The molecule has 1 aromatic carbocycles. The number of aromatic nitrogens is 2. The Morgan fingerprint density at radius 3 is 2.67 bits per heavy atom. The van der Waals surface area contributed by atoms with E-state index in [1.807, 2.05) is 18.5 Å². The second kappa shape index (κ2) is 6.20. The lowest BCUT2D eigenvalue weighted by Crippen LogP contribution is -2.05. The van der Waals surface area contributed by atoms with Crippen molar-refractivity contribution < 1.29 is 0 Å². The molecule has 1 aromatic heterocycles. The van der Waals surface area contributed by atoms with E-state index in [-0.39, 0.29) is 0 Å². The first-order valence-electron chi connectivity index (χ1n) is 5.64. The molecule has 94 valence electrons. The third-order valence-corrected chi connectivity index (χ3v) is 3.27. The van der Waals surface area contributed by atoms with Gasteiger partial charge in [-0.3, -0.25) is 0 Å². The molecule has 0 bridgehead atoms. The first kappa shape index (κ1) is 13.4. The summed E-state index contributed by atoms with van der Waals surface area (Å²) in [6.07, 6.45) is 3.67. The Labute approximate surface area is 121 Å². The average molecular weight is 324 g/mol. The Morgan fingerprint density at radius 1 is 1.28 bits per heavy atom. The van der Waals surface area contributed by atoms with Crippen LogP contribution in [0.5, 0.6) is 0 Å². The number of benzene rings is 1. The fourth-order valence-corrected chi connectivity index (χ4v) is 2.10. The van der Waals surface area contributed by atoms with Gasteiger partial charge in [0.1, 0.15) is 0 Å². The molecular formula is C13H14BrN3S. The van der Waals surface area contributed by atoms with Crippen LogP contribution in [0.2, 0.25) is 0 Å². The van der Waals surface area contributed by atoms with Gasteiger partial charge in [0.25, 0.3) is 0 Å². The standard InChI is InChI=1S/C13H14BrN3S/c1-9-2-3-11(14)6-12(9)10-7-16-13(17-8-10)15-4-5-18/h2-3,6-8,18H,4-5H2,1H3,(H,15,16,17). The number of aryl methyl sites for hydroxylation is 1. The SMILES string of the molecule is Cc1ccc(Br)cc1-c1cnc(NCCS)nc1. The molecule has 1 N–H and O–H groups in total. The molecule has 0 amide bonds. The van der Waals surface area contributed by atoms with Gasteiger partial charge < -0.3 is 5.32 Å². The summed E-state index contributed by atoms with van der Waals surface area (Å²) in [6, 6.07) is 6.18. The highest BCUT2D eigenvalue weighted by Gasteiger charge is 2.04. The summed E-state index contributed by atoms with van der Waals surface area (Å²) in [5.74, 6) is 1.40. The largest absolute Gasteiger partial charge is 0.353 e. The highest BCUT2D eigenvalue weighted by Crippen LogP contribution is 2.25. The average Bonchev–Trinajstić information content (AvgIpc) is 2.40. The highest BCUT2D eigenvalue weighted by atomic mass is 79.9. The number of thiol groups is 1. The fraction of sp³-hybridized carbons (Fsp3) is 0.231. The van der Waals surface area contributed by atoms with E-state index >= 15 is 0 Å². The normalized spacial score (nSPS) is 10.4. The molecule has 0 aliphatic heterocycles. The van der Waals surface area contributed by atoms with E-state index in [2.05, 4.69) is 62.9 Å². The first-order valence-corrected chi connectivity index (χ1v) is 7.06. The Kier molecular flexibility index (Phi) is 4.60. The van der Waals surface area contributed by atoms with Crippen LogP contribution in [0.15, 0.2) is 35.1 Å². The van der Waals surface area contributed by atoms with E-state index in [1.165, 1.54) is 5.56 Å². The van der Waals surface area contributed by atoms with E-state index in [1.54, 1.807) is 0 Å². The van der Waals surface area contributed by atoms with Crippen molar-refractivity contribution in [2.45, 2.75) is 6.92 Å². The number of anilines is 1. The van der Waals surface area contributed by atoms with Gasteiger partial charge in [0.05, 0.1) is 0 Å². The van der Waals surface area contributed by atoms with Crippen molar-refractivity contribution in [1.82, 2.24) is 9.97 Å². The molecule has 1 heterocycles. The lowest BCUT2D eigenvalue weighted by molar-refractivity contribution is 1.09. The fourth-order valence-electron chi connectivity index (χ4n) is 1.63. The monoisotopic (exact) mass is 323 g/mol. The maximum absolute atomic E-state index is 4.29. The van der Waals surface area contributed by atoms with Crippen LogP contribution < -0.4 is 5.32 Å². The van der Waals surface area contributed by atoms with Gasteiger partial charge in [-0.05, 0) is 30.2 Å². The van der Waals surface area contributed by atoms with Crippen molar-refractivity contribution in [3.63, 3.8) is 0 Å². The van der Waals surface area contributed by atoms with Crippen molar-refractivity contribution in [2.24, 2.45) is 0 Å². The molecule has 2 aromatic rings. The van der Waals surface area contributed by atoms with Gasteiger partial charge in [0.15, 0.2) is 0 Å². The van der Waals surface area contributed by atoms with Crippen LogP contribution in [-0.4, -0.2) is 22.3 Å². The molecule has 18 heavy (non-hydrogen) atoms. The lowest BCUT2D eigenvalue weighted by Gasteiger charge is -2.07. The lowest BCUT2D eigenvalue weighted by atomic mass is 10.0. The zero-order valence-corrected chi connectivity index (χ0v) is 12.5. The van der Waals surface area contributed by atoms with E-state index in [4.69, 9.17) is 0 Å². The second-order valence-corrected chi connectivity index (χ2v) is 5.27. The zero-order chi connectivity index (χ0) is 13.0. The van der Waals surface area contributed by atoms with Gasteiger partial charge in [0.2, 0.25) is 5.95 Å². The van der Waals surface area contributed by atoms with Crippen LogP contribution >= 0.6 is 28.6 Å². The van der Waals surface area contributed by atoms with Crippen LogP contribution in [-0.2, 0) is 0 Å². The minimum Gasteiger partial charge on any atom is -0.353 e. The Balaban J connectivity index is 2.25. The minimum atomic E-state index is 0.639. The predicted octanol–water partition coefficient (Wildman–Crippen LogP) is 3.56. The molecule has 0 saturated heterocycles. The molecule has 0 unspecified atom stereocenters. The number of nitrogens with one attached hydrogen (secondary N) is 1. The quantitative estimate of drug-likeness (QED) is 0.845. The molecule has 0 fully saturated rings. The van der Waals surface area contributed by atoms with Crippen molar-refractivity contribution in [3.8, 4) is 11.1 Å². The molecule has 0 aliphatic rings. The van der Waals surface area contributed by atoms with E-state index in [9.17, 15) is 0 Å². The van der Waals surface area contributed by atoms with Crippen molar-refractivity contribution in [1.29, 1.82) is 0 Å². The van der Waals surface area contributed by atoms with Gasteiger partial charge in [-0.2, -0.15) is 12.6 Å². The van der Waals surface area contributed by atoms with Crippen molar-refractivity contribution in [2.75, 3.05) is 17.6 Å². The maximum atomic E-state index is 4.29. The molecule has 5 heteroatoms. The molecular weight excluding hydrogens is 310 g/mol. The zero-order valence-electron chi connectivity index (χ0n) is 10.0. The van der Waals surface area contributed by atoms with Crippen LogP contribution in [0.4, 0.5) is 5.95 Å².